The fourth-order valence-electron chi connectivity index (χ4n) is 0.434. The second kappa shape index (κ2) is 4.69. The van der Waals surface area contributed by atoms with Crippen LogP contribution in [0.25, 0.3) is 0 Å². The van der Waals surface area contributed by atoms with E-state index in [1.54, 1.807) is 0 Å². The lowest BCUT2D eigenvalue weighted by molar-refractivity contribution is -0.105. The Morgan fingerprint density at radius 2 is 2.30 bits per heavy atom. The minimum absolute atomic E-state index is 0. The van der Waals surface area contributed by atoms with Crippen LogP contribution in [0.5, 0.6) is 0 Å². The van der Waals surface area contributed by atoms with Crippen molar-refractivity contribution in [1.82, 2.24) is 9.97 Å². The van der Waals surface area contributed by atoms with Gasteiger partial charge < -0.3 is 5.32 Å². The van der Waals surface area contributed by atoms with Crippen molar-refractivity contribution >= 4 is 24.6 Å². The highest BCUT2D eigenvalue weighted by Gasteiger charge is 1.84. The third-order valence-corrected chi connectivity index (χ3v) is 0.770. The van der Waals surface area contributed by atoms with Crippen LogP contribution < -0.4 is 5.32 Å². The van der Waals surface area contributed by atoms with Crippen LogP contribution in [0.1, 0.15) is 0 Å². The largest absolute Gasteiger partial charge is 0.312 e. The molecule has 1 rings (SSSR count). The number of anilines is 1. The number of nitrogens with one attached hydrogen (secondary N) is 1. The van der Waals surface area contributed by atoms with Gasteiger partial charge in [-0.1, -0.05) is 0 Å². The van der Waals surface area contributed by atoms with E-state index >= 15 is 0 Å². The molecule has 0 saturated carbocycles. The van der Waals surface area contributed by atoms with Crippen LogP contribution in [0.4, 0.5) is 5.82 Å². The summed E-state index contributed by atoms with van der Waals surface area (Å²) in [6, 6.07) is 0. The maximum atomic E-state index is 9.80. The molecule has 0 bridgehead atoms. The van der Waals surface area contributed by atoms with Gasteiger partial charge in [-0.2, -0.15) is 0 Å². The van der Waals surface area contributed by atoms with E-state index in [1.807, 2.05) is 0 Å². The third-order valence-electron chi connectivity index (χ3n) is 0.770. The number of amides is 1. The number of nitrogens with zero attached hydrogens (tertiary/aromatic N) is 2. The van der Waals surface area contributed by atoms with E-state index in [0.717, 1.165) is 0 Å². The van der Waals surface area contributed by atoms with Crippen LogP contribution in [0, 0.1) is 0 Å². The van der Waals surface area contributed by atoms with Gasteiger partial charge in [0.05, 0.1) is 6.20 Å². The Balaban J connectivity index is 0.000000810. The van der Waals surface area contributed by atoms with Gasteiger partial charge >= 0.3 is 0 Å². The monoisotopic (exact) mass is 159 g/mol. The van der Waals surface area contributed by atoms with Crippen molar-refractivity contribution in [1.29, 1.82) is 0 Å². The van der Waals surface area contributed by atoms with E-state index in [2.05, 4.69) is 15.3 Å². The van der Waals surface area contributed by atoms with Crippen molar-refractivity contribution in [3.8, 4) is 0 Å². The molecule has 0 radical (unpaired) electrons. The zero-order valence-electron chi connectivity index (χ0n) is 5.02. The molecular weight excluding hydrogens is 154 g/mol. The molecule has 54 valence electrons. The molecule has 1 heterocycles. The van der Waals surface area contributed by atoms with Gasteiger partial charge in [-0.25, -0.2) is 4.98 Å². The second-order valence-electron chi connectivity index (χ2n) is 1.35. The molecule has 5 heteroatoms. The third kappa shape index (κ3) is 2.41. The fourth-order valence-corrected chi connectivity index (χ4v) is 0.434. The second-order valence-corrected chi connectivity index (χ2v) is 1.35. The zero-order chi connectivity index (χ0) is 6.53. The number of carbonyl (C=O) groups is 1. The minimum Gasteiger partial charge on any atom is -0.312 e. The number of aromatic nitrogens is 2. The van der Waals surface area contributed by atoms with Crippen molar-refractivity contribution in [3.63, 3.8) is 0 Å². The standard InChI is InChI=1S/C5H5N3O.ClH/c9-4-8-5-3-6-1-2-7-5;/h1-4H,(H,7,8,9);1H. The van der Waals surface area contributed by atoms with E-state index in [4.69, 9.17) is 0 Å². The highest BCUT2D eigenvalue weighted by atomic mass is 35.5. The first-order valence-corrected chi connectivity index (χ1v) is 2.39. The summed E-state index contributed by atoms with van der Waals surface area (Å²) in [5, 5.41) is 2.35. The predicted octanol–water partition coefficient (Wildman–Crippen LogP) is 0.467. The van der Waals surface area contributed by atoms with E-state index in [9.17, 15) is 4.79 Å². The SMILES string of the molecule is Cl.O=CNc1cnccn1. The van der Waals surface area contributed by atoms with E-state index in [-0.39, 0.29) is 12.4 Å². The molecule has 0 aromatic carbocycles. The molecule has 1 aromatic rings. The Labute approximate surface area is 64.1 Å². The number of hydrogen-bond acceptors (Lipinski definition) is 3. The van der Waals surface area contributed by atoms with E-state index in [0.29, 0.717) is 12.2 Å². The van der Waals surface area contributed by atoms with Crippen LogP contribution in [0.3, 0.4) is 0 Å². The summed E-state index contributed by atoms with van der Waals surface area (Å²) in [6.45, 7) is 0. The van der Waals surface area contributed by atoms with Gasteiger partial charge in [-0.15, -0.1) is 12.4 Å². The Kier molecular flexibility index (Phi) is 4.15. The smallest absolute Gasteiger partial charge is 0.212 e. The van der Waals surface area contributed by atoms with E-state index < -0.39 is 0 Å². The van der Waals surface area contributed by atoms with Crippen molar-refractivity contribution in [2.75, 3.05) is 5.32 Å². The Morgan fingerprint density at radius 1 is 1.50 bits per heavy atom. The predicted molar refractivity (Wildman–Crippen MR) is 39.0 cm³/mol. The van der Waals surface area contributed by atoms with Crippen molar-refractivity contribution in [2.24, 2.45) is 0 Å². The lowest BCUT2D eigenvalue weighted by atomic mass is 10.7. The lowest BCUT2D eigenvalue weighted by Gasteiger charge is -1.91. The average molecular weight is 160 g/mol. The molecule has 4 nitrogen and oxygen atoms in total. The quantitative estimate of drug-likeness (QED) is 0.639. The summed E-state index contributed by atoms with van der Waals surface area (Å²) in [5.41, 5.74) is 0. The molecule has 0 unspecified atom stereocenters. The lowest BCUT2D eigenvalue weighted by Crippen LogP contribution is -1.95. The molecule has 0 atom stereocenters. The minimum atomic E-state index is 0. The Bertz CT molecular complexity index is 191. The van der Waals surface area contributed by atoms with Gasteiger partial charge in [0, 0.05) is 12.4 Å². The Morgan fingerprint density at radius 3 is 2.80 bits per heavy atom. The summed E-state index contributed by atoms with van der Waals surface area (Å²) < 4.78 is 0. The number of halogens is 1. The van der Waals surface area contributed by atoms with Gasteiger partial charge in [0.25, 0.3) is 0 Å². The molecule has 0 aliphatic carbocycles. The molecule has 1 amide bonds. The number of carbonyl (C=O) groups excluding carboxylic acids is 1. The normalized spacial score (nSPS) is 7.60. The fraction of sp³-hybridized carbons (Fsp3) is 0. The molecule has 0 spiro atoms. The van der Waals surface area contributed by atoms with Crippen molar-refractivity contribution in [3.05, 3.63) is 18.6 Å². The number of hydrogen-bond donors (Lipinski definition) is 1. The maximum Gasteiger partial charge on any atom is 0.212 e. The highest BCUT2D eigenvalue weighted by molar-refractivity contribution is 5.85. The van der Waals surface area contributed by atoms with Crippen LogP contribution in [0.15, 0.2) is 18.6 Å². The van der Waals surface area contributed by atoms with Crippen molar-refractivity contribution in [2.45, 2.75) is 0 Å². The summed E-state index contributed by atoms with van der Waals surface area (Å²) >= 11 is 0. The van der Waals surface area contributed by atoms with Gasteiger partial charge in [0.2, 0.25) is 6.41 Å². The summed E-state index contributed by atoms with van der Waals surface area (Å²) in [5.74, 6) is 0.465. The van der Waals surface area contributed by atoms with Crippen molar-refractivity contribution < 1.29 is 4.79 Å². The molecule has 1 N–H and O–H groups in total. The molecular formula is C5H6ClN3O. The first-order chi connectivity index (χ1) is 4.43. The van der Waals surface area contributed by atoms with Crippen LogP contribution in [0.2, 0.25) is 0 Å². The van der Waals surface area contributed by atoms with Gasteiger partial charge in [-0.3, -0.25) is 9.78 Å². The summed E-state index contributed by atoms with van der Waals surface area (Å²) in [7, 11) is 0. The van der Waals surface area contributed by atoms with Gasteiger partial charge in [0.15, 0.2) is 5.82 Å². The highest BCUT2D eigenvalue weighted by Crippen LogP contribution is 1.92. The Hall–Kier alpha value is -1.16. The van der Waals surface area contributed by atoms with E-state index in [1.165, 1.54) is 18.6 Å². The first kappa shape index (κ1) is 8.84. The van der Waals surface area contributed by atoms with Crippen LogP contribution >= 0.6 is 12.4 Å². The molecule has 0 saturated heterocycles. The molecule has 0 aliphatic heterocycles. The zero-order valence-corrected chi connectivity index (χ0v) is 5.84. The van der Waals surface area contributed by atoms with Crippen LogP contribution in [-0.2, 0) is 4.79 Å². The number of rotatable bonds is 2. The average Bonchev–Trinajstić information content (AvgIpc) is 1.91. The van der Waals surface area contributed by atoms with Gasteiger partial charge in [-0.05, 0) is 0 Å². The first-order valence-electron chi connectivity index (χ1n) is 2.39. The summed E-state index contributed by atoms with van der Waals surface area (Å²) in [4.78, 5) is 17.3. The molecule has 0 fully saturated rings. The molecule has 1 aromatic heterocycles. The van der Waals surface area contributed by atoms with Gasteiger partial charge in [0.1, 0.15) is 0 Å². The molecule has 10 heavy (non-hydrogen) atoms. The van der Waals surface area contributed by atoms with Crippen LogP contribution in [-0.4, -0.2) is 16.4 Å². The molecule has 0 aliphatic rings. The topological polar surface area (TPSA) is 54.9 Å². The maximum absolute atomic E-state index is 9.80. The summed E-state index contributed by atoms with van der Waals surface area (Å²) in [6.07, 6.45) is 5.07.